The van der Waals surface area contributed by atoms with Crippen LogP contribution in [0.25, 0.3) is 11.4 Å². The van der Waals surface area contributed by atoms with E-state index in [4.69, 9.17) is 0 Å². The van der Waals surface area contributed by atoms with Crippen LogP contribution in [-0.4, -0.2) is 31.8 Å². The van der Waals surface area contributed by atoms with Gasteiger partial charge in [0.2, 0.25) is 5.91 Å². The molecule has 0 unspecified atom stereocenters. The first-order valence-corrected chi connectivity index (χ1v) is 9.00. The van der Waals surface area contributed by atoms with Crippen LogP contribution < -0.4 is 11.0 Å². The Balaban J connectivity index is 1.48. The topological polar surface area (TPSA) is 81.8 Å². The molecule has 0 saturated carbocycles. The number of amides is 1. The highest BCUT2D eigenvalue weighted by Gasteiger charge is 2.12. The fourth-order valence-electron chi connectivity index (χ4n) is 2.87. The van der Waals surface area contributed by atoms with E-state index in [0.29, 0.717) is 25.3 Å². The van der Waals surface area contributed by atoms with Crippen molar-refractivity contribution in [3.63, 3.8) is 0 Å². The molecule has 0 aliphatic rings. The molecule has 2 heterocycles. The van der Waals surface area contributed by atoms with Gasteiger partial charge in [0.1, 0.15) is 0 Å². The first kappa shape index (κ1) is 18.6. The zero-order chi connectivity index (χ0) is 19.1. The van der Waals surface area contributed by atoms with E-state index in [1.165, 1.54) is 14.8 Å². The maximum Gasteiger partial charge on any atom is 0.345 e. The highest BCUT2D eigenvalue weighted by atomic mass is 16.2. The third-order valence-corrected chi connectivity index (χ3v) is 4.32. The SMILES string of the molecule is Cn1c(-c2cccnc2)nn(CCNC(=O)CCCc2ccccc2)c1=O. The van der Waals surface area contributed by atoms with Crippen molar-refractivity contribution in [2.24, 2.45) is 7.05 Å². The number of benzene rings is 1. The average molecular weight is 365 g/mol. The molecule has 0 aliphatic heterocycles. The van der Waals surface area contributed by atoms with Crippen LogP contribution in [0.2, 0.25) is 0 Å². The molecule has 7 heteroatoms. The Morgan fingerprint density at radius 3 is 2.70 bits per heavy atom. The first-order chi connectivity index (χ1) is 13.1. The molecule has 7 nitrogen and oxygen atoms in total. The molecule has 0 spiro atoms. The van der Waals surface area contributed by atoms with Crippen molar-refractivity contribution in [1.82, 2.24) is 24.6 Å². The second-order valence-electron chi connectivity index (χ2n) is 6.32. The lowest BCUT2D eigenvalue weighted by Crippen LogP contribution is -2.31. The Kier molecular flexibility index (Phi) is 6.14. The van der Waals surface area contributed by atoms with Crippen LogP contribution >= 0.6 is 0 Å². The van der Waals surface area contributed by atoms with Crippen LogP contribution in [-0.2, 0) is 24.8 Å². The van der Waals surface area contributed by atoms with Gasteiger partial charge in [-0.3, -0.25) is 14.3 Å². The predicted molar refractivity (Wildman–Crippen MR) is 103 cm³/mol. The van der Waals surface area contributed by atoms with E-state index in [1.54, 1.807) is 25.5 Å². The number of nitrogens with one attached hydrogen (secondary N) is 1. The normalized spacial score (nSPS) is 10.7. The van der Waals surface area contributed by atoms with E-state index in [-0.39, 0.29) is 11.6 Å². The van der Waals surface area contributed by atoms with E-state index >= 15 is 0 Å². The summed E-state index contributed by atoms with van der Waals surface area (Å²) in [5, 5.41) is 7.21. The molecular weight excluding hydrogens is 342 g/mol. The highest BCUT2D eigenvalue weighted by molar-refractivity contribution is 5.75. The lowest BCUT2D eigenvalue weighted by atomic mass is 10.1. The molecule has 3 aromatic rings. The number of hydrogen-bond acceptors (Lipinski definition) is 4. The summed E-state index contributed by atoms with van der Waals surface area (Å²) < 4.78 is 2.85. The van der Waals surface area contributed by atoms with Crippen molar-refractivity contribution >= 4 is 5.91 Å². The van der Waals surface area contributed by atoms with Gasteiger partial charge in [0.05, 0.1) is 6.54 Å². The summed E-state index contributed by atoms with van der Waals surface area (Å²) >= 11 is 0. The molecule has 3 rings (SSSR count). The molecule has 0 aliphatic carbocycles. The number of carbonyl (C=O) groups is 1. The second kappa shape index (κ2) is 8.93. The fourth-order valence-corrected chi connectivity index (χ4v) is 2.87. The first-order valence-electron chi connectivity index (χ1n) is 9.00. The molecule has 1 aromatic carbocycles. The Morgan fingerprint density at radius 1 is 1.15 bits per heavy atom. The van der Waals surface area contributed by atoms with Gasteiger partial charge in [0.25, 0.3) is 0 Å². The zero-order valence-corrected chi connectivity index (χ0v) is 15.3. The third kappa shape index (κ3) is 4.91. The van der Waals surface area contributed by atoms with Crippen LogP contribution in [0.3, 0.4) is 0 Å². The summed E-state index contributed by atoms with van der Waals surface area (Å²) in [4.78, 5) is 28.3. The number of nitrogens with zero attached hydrogens (tertiary/aromatic N) is 4. The number of carbonyl (C=O) groups excluding carboxylic acids is 1. The number of aromatic nitrogens is 4. The molecule has 1 amide bonds. The van der Waals surface area contributed by atoms with Crippen molar-refractivity contribution in [3.8, 4) is 11.4 Å². The summed E-state index contributed by atoms with van der Waals surface area (Å²) in [6.45, 7) is 0.699. The largest absolute Gasteiger partial charge is 0.354 e. The molecule has 0 bridgehead atoms. The quantitative estimate of drug-likeness (QED) is 0.660. The third-order valence-electron chi connectivity index (χ3n) is 4.32. The number of aryl methyl sites for hydroxylation is 1. The van der Waals surface area contributed by atoms with Crippen molar-refractivity contribution in [2.75, 3.05) is 6.54 Å². The van der Waals surface area contributed by atoms with Gasteiger partial charge in [-0.15, -0.1) is 5.10 Å². The molecule has 0 atom stereocenters. The van der Waals surface area contributed by atoms with Crippen LogP contribution in [0.5, 0.6) is 0 Å². The monoisotopic (exact) mass is 365 g/mol. The molecule has 1 N–H and O–H groups in total. The molecule has 2 aromatic heterocycles. The van der Waals surface area contributed by atoms with Crippen LogP contribution in [0.4, 0.5) is 0 Å². The minimum absolute atomic E-state index is 0.0117. The fraction of sp³-hybridized carbons (Fsp3) is 0.300. The van der Waals surface area contributed by atoms with E-state index in [1.807, 2.05) is 24.3 Å². The summed E-state index contributed by atoms with van der Waals surface area (Å²) in [6, 6.07) is 13.8. The molecule has 27 heavy (non-hydrogen) atoms. The Bertz CT molecular complexity index is 932. The Morgan fingerprint density at radius 2 is 1.96 bits per heavy atom. The Labute approximate surface area is 157 Å². The molecule has 140 valence electrons. The molecule has 0 saturated heterocycles. The maximum absolute atomic E-state index is 12.3. The van der Waals surface area contributed by atoms with Gasteiger partial charge in [-0.2, -0.15) is 0 Å². The van der Waals surface area contributed by atoms with Gasteiger partial charge in [0.15, 0.2) is 5.82 Å². The van der Waals surface area contributed by atoms with Gasteiger partial charge < -0.3 is 5.32 Å². The smallest absolute Gasteiger partial charge is 0.345 e. The van der Waals surface area contributed by atoms with Crippen molar-refractivity contribution in [2.45, 2.75) is 25.8 Å². The van der Waals surface area contributed by atoms with Crippen LogP contribution in [0.1, 0.15) is 18.4 Å². The van der Waals surface area contributed by atoms with Crippen molar-refractivity contribution in [3.05, 3.63) is 70.9 Å². The standard InChI is InChI=1S/C20H23N5O2/c1-24-19(17-10-6-12-21-15-17)23-25(20(24)27)14-13-22-18(26)11-5-9-16-7-3-2-4-8-16/h2-4,6-8,10,12,15H,5,9,11,13-14H2,1H3,(H,22,26). The summed E-state index contributed by atoms with van der Waals surface area (Å²) in [6.07, 6.45) is 5.48. The van der Waals surface area contributed by atoms with Gasteiger partial charge in [0, 0.05) is 38.0 Å². The number of rotatable bonds is 8. The summed E-state index contributed by atoms with van der Waals surface area (Å²) in [5.74, 6) is 0.546. The molecule has 0 fully saturated rings. The van der Waals surface area contributed by atoms with Crippen LogP contribution in [0, 0.1) is 0 Å². The molecular formula is C20H23N5O2. The highest BCUT2D eigenvalue weighted by Crippen LogP contribution is 2.12. The minimum Gasteiger partial charge on any atom is -0.354 e. The minimum atomic E-state index is -0.216. The van der Waals surface area contributed by atoms with Crippen LogP contribution in [0.15, 0.2) is 59.7 Å². The van der Waals surface area contributed by atoms with Crippen molar-refractivity contribution < 1.29 is 4.79 Å². The summed E-state index contributed by atoms with van der Waals surface area (Å²) in [7, 11) is 1.68. The Hall–Kier alpha value is -3.22. The van der Waals surface area contributed by atoms with E-state index in [2.05, 4.69) is 27.5 Å². The van der Waals surface area contributed by atoms with E-state index in [0.717, 1.165) is 18.4 Å². The van der Waals surface area contributed by atoms with Gasteiger partial charge in [-0.1, -0.05) is 30.3 Å². The maximum atomic E-state index is 12.3. The number of pyridine rings is 1. The predicted octanol–water partition coefficient (Wildman–Crippen LogP) is 1.78. The van der Waals surface area contributed by atoms with Gasteiger partial charge >= 0.3 is 5.69 Å². The lowest BCUT2D eigenvalue weighted by molar-refractivity contribution is -0.121. The van der Waals surface area contributed by atoms with Gasteiger partial charge in [-0.25, -0.2) is 9.48 Å². The van der Waals surface area contributed by atoms with E-state index < -0.39 is 0 Å². The summed E-state index contributed by atoms with van der Waals surface area (Å²) in [5.41, 5.74) is 1.79. The average Bonchev–Trinajstić information content (AvgIpc) is 2.98. The zero-order valence-electron chi connectivity index (χ0n) is 15.3. The number of hydrogen-bond donors (Lipinski definition) is 1. The second-order valence-corrected chi connectivity index (χ2v) is 6.32. The van der Waals surface area contributed by atoms with Gasteiger partial charge in [-0.05, 0) is 30.5 Å². The van der Waals surface area contributed by atoms with Crippen molar-refractivity contribution in [1.29, 1.82) is 0 Å². The molecule has 0 radical (unpaired) electrons. The lowest BCUT2D eigenvalue weighted by Gasteiger charge is -2.05. The van der Waals surface area contributed by atoms with E-state index in [9.17, 15) is 9.59 Å².